The fourth-order valence-electron chi connectivity index (χ4n) is 1.92. The Balaban J connectivity index is 0.00000264. The molecule has 0 aromatic carbocycles. The Morgan fingerprint density at radius 1 is 1.30 bits per heavy atom. The number of guanidine groups is 1. The predicted octanol–water partition coefficient (Wildman–Crippen LogP) is 2.65. The van der Waals surface area contributed by atoms with Gasteiger partial charge in [-0.2, -0.15) is 0 Å². The van der Waals surface area contributed by atoms with Crippen molar-refractivity contribution < 1.29 is 4.74 Å². The number of aromatic nitrogens is 2. The second-order valence-electron chi connectivity index (χ2n) is 4.70. The quantitative estimate of drug-likeness (QED) is 0.419. The topological polar surface area (TPSA) is 71.4 Å². The maximum absolute atomic E-state index is 5.24. The Bertz CT molecular complexity index is 640. The summed E-state index contributed by atoms with van der Waals surface area (Å²) in [5.41, 5.74) is 2.07. The Kier molecular flexibility index (Phi) is 8.24. The smallest absolute Gasteiger partial charge is 0.218 e. The SMILES string of the molecule is CN=C(NCc1nc(C)c(C)s1)NCc1cccnc1OC.I. The summed E-state index contributed by atoms with van der Waals surface area (Å²) < 4.78 is 5.24. The average molecular weight is 447 g/mol. The van der Waals surface area contributed by atoms with Crippen LogP contribution in [0.2, 0.25) is 0 Å². The van der Waals surface area contributed by atoms with Gasteiger partial charge in [0.2, 0.25) is 5.88 Å². The van der Waals surface area contributed by atoms with Gasteiger partial charge in [0.15, 0.2) is 5.96 Å². The first-order chi connectivity index (χ1) is 10.6. The minimum atomic E-state index is 0. The maximum Gasteiger partial charge on any atom is 0.218 e. The monoisotopic (exact) mass is 447 g/mol. The number of nitrogens with zero attached hydrogens (tertiary/aromatic N) is 3. The molecular weight excluding hydrogens is 425 g/mol. The van der Waals surface area contributed by atoms with Crippen molar-refractivity contribution >= 4 is 41.3 Å². The van der Waals surface area contributed by atoms with E-state index in [0.29, 0.717) is 19.0 Å². The lowest BCUT2D eigenvalue weighted by atomic mass is 10.3. The maximum atomic E-state index is 5.24. The Hall–Kier alpha value is -1.42. The molecule has 0 spiro atoms. The van der Waals surface area contributed by atoms with Crippen molar-refractivity contribution in [2.75, 3.05) is 14.2 Å². The summed E-state index contributed by atoms with van der Waals surface area (Å²) in [4.78, 5) is 14.1. The Morgan fingerprint density at radius 3 is 2.65 bits per heavy atom. The highest BCUT2D eigenvalue weighted by Gasteiger charge is 2.06. The first kappa shape index (κ1) is 19.6. The number of hydrogen-bond acceptors (Lipinski definition) is 5. The molecule has 0 aliphatic heterocycles. The minimum Gasteiger partial charge on any atom is -0.481 e. The lowest BCUT2D eigenvalue weighted by Crippen LogP contribution is -2.36. The number of hydrogen-bond donors (Lipinski definition) is 2. The highest BCUT2D eigenvalue weighted by Crippen LogP contribution is 2.16. The number of halogens is 1. The van der Waals surface area contributed by atoms with Crippen molar-refractivity contribution in [3.8, 4) is 5.88 Å². The van der Waals surface area contributed by atoms with Crippen LogP contribution in [0.15, 0.2) is 23.3 Å². The van der Waals surface area contributed by atoms with Crippen molar-refractivity contribution in [2.24, 2.45) is 4.99 Å². The van der Waals surface area contributed by atoms with Crippen LogP contribution in [0.4, 0.5) is 0 Å². The van der Waals surface area contributed by atoms with Crippen LogP contribution in [0.5, 0.6) is 5.88 Å². The average Bonchev–Trinajstić information content (AvgIpc) is 2.86. The first-order valence-corrected chi connectivity index (χ1v) is 7.81. The van der Waals surface area contributed by atoms with Crippen LogP contribution in [0.25, 0.3) is 0 Å². The predicted molar refractivity (Wildman–Crippen MR) is 105 cm³/mol. The van der Waals surface area contributed by atoms with Gasteiger partial charge in [-0.25, -0.2) is 9.97 Å². The van der Waals surface area contributed by atoms with Crippen LogP contribution in [-0.4, -0.2) is 30.1 Å². The van der Waals surface area contributed by atoms with Crippen molar-refractivity contribution in [2.45, 2.75) is 26.9 Å². The van der Waals surface area contributed by atoms with Crippen molar-refractivity contribution in [1.82, 2.24) is 20.6 Å². The molecule has 0 saturated carbocycles. The molecule has 6 nitrogen and oxygen atoms in total. The molecule has 8 heteroatoms. The summed E-state index contributed by atoms with van der Waals surface area (Å²) in [5, 5.41) is 7.56. The van der Waals surface area contributed by atoms with Crippen LogP contribution in [0.1, 0.15) is 21.1 Å². The van der Waals surface area contributed by atoms with Gasteiger partial charge in [0, 0.05) is 30.2 Å². The molecule has 0 saturated heterocycles. The zero-order valence-electron chi connectivity index (χ0n) is 13.7. The highest BCUT2D eigenvalue weighted by atomic mass is 127. The fraction of sp³-hybridized carbons (Fsp3) is 0.400. The van der Waals surface area contributed by atoms with Gasteiger partial charge in [0.05, 0.1) is 19.3 Å². The fourth-order valence-corrected chi connectivity index (χ4v) is 2.79. The molecule has 0 amide bonds. The van der Waals surface area contributed by atoms with Crippen LogP contribution < -0.4 is 15.4 Å². The standard InChI is InChI=1S/C15H21N5OS.HI/c1-10-11(2)22-13(20-10)9-19-15(16-3)18-8-12-6-5-7-17-14(12)21-4;/h5-7H,8-9H2,1-4H3,(H2,16,18,19);1H. The molecule has 2 aromatic heterocycles. The second kappa shape index (κ2) is 9.66. The third-order valence-electron chi connectivity index (χ3n) is 3.19. The van der Waals surface area contributed by atoms with E-state index in [1.165, 1.54) is 4.88 Å². The van der Waals surface area contributed by atoms with Crippen LogP contribution in [-0.2, 0) is 13.1 Å². The Morgan fingerprint density at radius 2 is 2.04 bits per heavy atom. The van der Waals surface area contributed by atoms with E-state index in [1.807, 2.05) is 19.1 Å². The molecule has 0 atom stereocenters. The molecule has 0 aliphatic rings. The zero-order valence-corrected chi connectivity index (χ0v) is 16.9. The zero-order chi connectivity index (χ0) is 15.9. The number of aliphatic imine (C=N–C) groups is 1. The summed E-state index contributed by atoms with van der Waals surface area (Å²) in [6, 6.07) is 3.86. The van der Waals surface area contributed by atoms with Gasteiger partial charge in [0.25, 0.3) is 0 Å². The summed E-state index contributed by atoms with van der Waals surface area (Å²) >= 11 is 1.70. The van der Waals surface area contributed by atoms with E-state index in [-0.39, 0.29) is 24.0 Å². The van der Waals surface area contributed by atoms with E-state index in [1.54, 1.807) is 31.7 Å². The van der Waals surface area contributed by atoms with Crippen molar-refractivity contribution in [1.29, 1.82) is 0 Å². The molecule has 2 rings (SSSR count). The van der Waals surface area contributed by atoms with Crippen LogP contribution >= 0.6 is 35.3 Å². The second-order valence-corrected chi connectivity index (χ2v) is 5.99. The summed E-state index contributed by atoms with van der Waals surface area (Å²) in [5.74, 6) is 1.34. The van der Waals surface area contributed by atoms with E-state index in [2.05, 4.69) is 32.5 Å². The van der Waals surface area contributed by atoms with Gasteiger partial charge in [-0.15, -0.1) is 35.3 Å². The normalized spacial score (nSPS) is 10.9. The van der Waals surface area contributed by atoms with Gasteiger partial charge in [-0.3, -0.25) is 4.99 Å². The molecular formula is C15H22IN5OS. The van der Waals surface area contributed by atoms with E-state index in [0.717, 1.165) is 22.2 Å². The Labute approximate surface area is 157 Å². The molecule has 0 bridgehead atoms. The van der Waals surface area contributed by atoms with Gasteiger partial charge in [-0.05, 0) is 19.9 Å². The molecule has 2 aromatic rings. The van der Waals surface area contributed by atoms with Crippen molar-refractivity contribution in [3.63, 3.8) is 0 Å². The van der Waals surface area contributed by atoms with Crippen LogP contribution in [0.3, 0.4) is 0 Å². The highest BCUT2D eigenvalue weighted by molar-refractivity contribution is 14.0. The number of aryl methyl sites for hydroxylation is 2. The first-order valence-electron chi connectivity index (χ1n) is 6.99. The minimum absolute atomic E-state index is 0. The third kappa shape index (κ3) is 5.61. The number of methoxy groups -OCH3 is 1. The van der Waals surface area contributed by atoms with Gasteiger partial charge >= 0.3 is 0 Å². The molecule has 0 fully saturated rings. The number of rotatable bonds is 5. The number of ether oxygens (including phenoxy) is 1. The van der Waals surface area contributed by atoms with Gasteiger partial charge in [0.1, 0.15) is 5.01 Å². The number of nitrogens with one attached hydrogen (secondary N) is 2. The summed E-state index contributed by atoms with van der Waals surface area (Å²) in [6.07, 6.45) is 1.71. The van der Waals surface area contributed by atoms with Crippen LogP contribution in [0, 0.1) is 13.8 Å². The van der Waals surface area contributed by atoms with E-state index in [9.17, 15) is 0 Å². The van der Waals surface area contributed by atoms with E-state index >= 15 is 0 Å². The molecule has 0 radical (unpaired) electrons. The lowest BCUT2D eigenvalue weighted by molar-refractivity contribution is 0.392. The molecule has 2 N–H and O–H groups in total. The van der Waals surface area contributed by atoms with E-state index < -0.39 is 0 Å². The summed E-state index contributed by atoms with van der Waals surface area (Å²) in [7, 11) is 3.36. The molecule has 23 heavy (non-hydrogen) atoms. The molecule has 126 valence electrons. The van der Waals surface area contributed by atoms with Gasteiger partial charge in [-0.1, -0.05) is 6.07 Å². The van der Waals surface area contributed by atoms with Gasteiger partial charge < -0.3 is 15.4 Å². The van der Waals surface area contributed by atoms with E-state index in [4.69, 9.17) is 4.74 Å². The number of thiazole rings is 1. The third-order valence-corrected chi connectivity index (χ3v) is 4.27. The molecule has 2 heterocycles. The summed E-state index contributed by atoms with van der Waals surface area (Å²) in [6.45, 7) is 5.35. The lowest BCUT2D eigenvalue weighted by Gasteiger charge is -2.12. The molecule has 0 unspecified atom stereocenters. The number of pyridine rings is 1. The largest absolute Gasteiger partial charge is 0.481 e. The molecule has 0 aliphatic carbocycles. The van der Waals surface area contributed by atoms with Crippen molar-refractivity contribution in [3.05, 3.63) is 39.5 Å².